The molecule has 1 amide bonds. The SMILES string of the molecule is CCSCCC(C)NC(=O)c1cnn(C)c1N. The molecule has 0 aliphatic carbocycles. The maximum atomic E-state index is 11.9. The van der Waals surface area contributed by atoms with Gasteiger partial charge in [-0.2, -0.15) is 16.9 Å². The summed E-state index contributed by atoms with van der Waals surface area (Å²) in [5, 5.41) is 6.87. The summed E-state index contributed by atoms with van der Waals surface area (Å²) in [7, 11) is 1.72. The number of nitrogens with zero attached hydrogens (tertiary/aromatic N) is 2. The molecular weight excluding hydrogens is 236 g/mol. The van der Waals surface area contributed by atoms with E-state index >= 15 is 0 Å². The van der Waals surface area contributed by atoms with Crippen molar-refractivity contribution in [3.05, 3.63) is 11.8 Å². The number of rotatable bonds is 6. The van der Waals surface area contributed by atoms with Gasteiger partial charge in [-0.15, -0.1) is 0 Å². The van der Waals surface area contributed by atoms with E-state index in [0.717, 1.165) is 17.9 Å². The zero-order chi connectivity index (χ0) is 12.8. The fourth-order valence-electron chi connectivity index (χ4n) is 1.40. The number of carbonyl (C=O) groups excluding carboxylic acids is 1. The van der Waals surface area contributed by atoms with Gasteiger partial charge >= 0.3 is 0 Å². The fraction of sp³-hybridized carbons (Fsp3) is 0.636. The minimum atomic E-state index is -0.149. The number of hydrogen-bond acceptors (Lipinski definition) is 4. The molecule has 1 rings (SSSR count). The molecule has 5 nitrogen and oxygen atoms in total. The Morgan fingerprint density at radius 3 is 2.94 bits per heavy atom. The van der Waals surface area contributed by atoms with E-state index in [0.29, 0.717) is 11.4 Å². The number of nitrogens with two attached hydrogens (primary N) is 1. The highest BCUT2D eigenvalue weighted by atomic mass is 32.2. The number of thioether (sulfide) groups is 1. The van der Waals surface area contributed by atoms with Crippen LogP contribution < -0.4 is 11.1 Å². The van der Waals surface area contributed by atoms with Gasteiger partial charge in [0.2, 0.25) is 0 Å². The van der Waals surface area contributed by atoms with Crippen LogP contribution in [0.1, 0.15) is 30.6 Å². The van der Waals surface area contributed by atoms with E-state index in [2.05, 4.69) is 17.3 Å². The van der Waals surface area contributed by atoms with E-state index in [9.17, 15) is 4.79 Å². The summed E-state index contributed by atoms with van der Waals surface area (Å²) < 4.78 is 1.49. The molecule has 0 fully saturated rings. The van der Waals surface area contributed by atoms with Crippen molar-refractivity contribution < 1.29 is 4.79 Å². The highest BCUT2D eigenvalue weighted by molar-refractivity contribution is 7.99. The molecule has 17 heavy (non-hydrogen) atoms. The van der Waals surface area contributed by atoms with E-state index in [-0.39, 0.29) is 11.9 Å². The second kappa shape index (κ2) is 6.54. The maximum Gasteiger partial charge on any atom is 0.256 e. The third-order valence-corrected chi connectivity index (χ3v) is 3.44. The van der Waals surface area contributed by atoms with Crippen LogP contribution in [0.25, 0.3) is 0 Å². The highest BCUT2D eigenvalue weighted by Gasteiger charge is 2.15. The van der Waals surface area contributed by atoms with Crippen molar-refractivity contribution in [2.24, 2.45) is 7.05 Å². The van der Waals surface area contributed by atoms with Crippen molar-refractivity contribution in [1.29, 1.82) is 0 Å². The summed E-state index contributed by atoms with van der Waals surface area (Å²) in [4.78, 5) is 11.9. The Morgan fingerprint density at radius 2 is 2.41 bits per heavy atom. The van der Waals surface area contributed by atoms with E-state index in [1.54, 1.807) is 7.05 Å². The third-order valence-electron chi connectivity index (χ3n) is 2.51. The van der Waals surface area contributed by atoms with Gasteiger partial charge in [-0.1, -0.05) is 6.92 Å². The predicted molar refractivity (Wildman–Crippen MR) is 72.2 cm³/mol. The maximum absolute atomic E-state index is 11.9. The molecule has 0 radical (unpaired) electrons. The second-order valence-electron chi connectivity index (χ2n) is 3.93. The van der Waals surface area contributed by atoms with Gasteiger partial charge in [-0.25, -0.2) is 0 Å². The number of amides is 1. The first-order valence-corrected chi connectivity index (χ1v) is 6.87. The monoisotopic (exact) mass is 256 g/mol. The van der Waals surface area contributed by atoms with Crippen molar-refractivity contribution in [3.63, 3.8) is 0 Å². The molecule has 96 valence electrons. The normalized spacial score (nSPS) is 12.4. The summed E-state index contributed by atoms with van der Waals surface area (Å²) in [5.74, 6) is 2.42. The second-order valence-corrected chi connectivity index (χ2v) is 5.32. The van der Waals surface area contributed by atoms with Gasteiger partial charge in [0.15, 0.2) is 0 Å². The number of carbonyl (C=O) groups is 1. The van der Waals surface area contributed by atoms with Gasteiger partial charge in [0.1, 0.15) is 11.4 Å². The number of anilines is 1. The van der Waals surface area contributed by atoms with Gasteiger partial charge in [0.05, 0.1) is 6.20 Å². The van der Waals surface area contributed by atoms with Gasteiger partial charge < -0.3 is 11.1 Å². The first-order chi connectivity index (χ1) is 8.06. The molecule has 0 spiro atoms. The Balaban J connectivity index is 2.46. The zero-order valence-corrected chi connectivity index (χ0v) is 11.4. The Kier molecular flexibility index (Phi) is 5.34. The van der Waals surface area contributed by atoms with Crippen LogP contribution in [-0.4, -0.2) is 33.2 Å². The van der Waals surface area contributed by atoms with Crippen LogP contribution in [0.15, 0.2) is 6.20 Å². The molecular formula is C11H20N4OS. The lowest BCUT2D eigenvalue weighted by molar-refractivity contribution is 0.0940. The van der Waals surface area contributed by atoms with Crippen molar-refractivity contribution >= 4 is 23.5 Å². The first-order valence-electron chi connectivity index (χ1n) is 5.72. The van der Waals surface area contributed by atoms with Crippen molar-refractivity contribution in [2.45, 2.75) is 26.3 Å². The Labute approximate surface area is 106 Å². The van der Waals surface area contributed by atoms with E-state index in [4.69, 9.17) is 5.73 Å². The van der Waals surface area contributed by atoms with Gasteiger partial charge in [-0.05, 0) is 24.9 Å². The molecule has 0 aliphatic heterocycles. The predicted octanol–water partition coefficient (Wildman–Crippen LogP) is 1.26. The lowest BCUT2D eigenvalue weighted by atomic mass is 10.2. The van der Waals surface area contributed by atoms with Crippen LogP contribution in [0.3, 0.4) is 0 Å². The summed E-state index contributed by atoms with van der Waals surface area (Å²) in [5.41, 5.74) is 6.18. The highest BCUT2D eigenvalue weighted by Crippen LogP contribution is 2.10. The minimum Gasteiger partial charge on any atom is -0.383 e. The van der Waals surface area contributed by atoms with Crippen molar-refractivity contribution in [1.82, 2.24) is 15.1 Å². The summed E-state index contributed by atoms with van der Waals surface area (Å²) in [6, 6.07) is 0.154. The Bertz CT molecular complexity index is 378. The Morgan fingerprint density at radius 1 is 1.71 bits per heavy atom. The van der Waals surface area contributed by atoms with Crippen LogP contribution in [0.2, 0.25) is 0 Å². The van der Waals surface area contributed by atoms with Gasteiger partial charge in [0, 0.05) is 13.1 Å². The smallest absolute Gasteiger partial charge is 0.256 e. The molecule has 0 saturated carbocycles. The van der Waals surface area contributed by atoms with Crippen LogP contribution in [-0.2, 0) is 7.05 Å². The number of aryl methyl sites for hydroxylation is 1. The number of aromatic nitrogens is 2. The quantitative estimate of drug-likeness (QED) is 0.752. The molecule has 0 saturated heterocycles. The van der Waals surface area contributed by atoms with Gasteiger partial charge in [0.25, 0.3) is 5.91 Å². The van der Waals surface area contributed by atoms with Gasteiger partial charge in [-0.3, -0.25) is 9.48 Å². The lowest BCUT2D eigenvalue weighted by Gasteiger charge is -2.13. The molecule has 0 aliphatic rings. The average Bonchev–Trinajstić information content (AvgIpc) is 2.60. The van der Waals surface area contributed by atoms with Crippen molar-refractivity contribution in [2.75, 3.05) is 17.2 Å². The molecule has 1 unspecified atom stereocenters. The first kappa shape index (κ1) is 13.9. The lowest BCUT2D eigenvalue weighted by Crippen LogP contribution is -2.33. The molecule has 3 N–H and O–H groups in total. The molecule has 0 aromatic carbocycles. The number of nitrogen functional groups attached to an aromatic ring is 1. The van der Waals surface area contributed by atoms with E-state index in [1.165, 1.54) is 10.9 Å². The standard InChI is InChI=1S/C11H20N4OS/c1-4-17-6-5-8(2)14-11(16)9-7-13-15(3)10(9)12/h7-8H,4-6,12H2,1-3H3,(H,14,16). The molecule has 1 heterocycles. The van der Waals surface area contributed by atoms with Crippen LogP contribution in [0.4, 0.5) is 5.82 Å². The van der Waals surface area contributed by atoms with Crippen LogP contribution >= 0.6 is 11.8 Å². The summed E-state index contributed by atoms with van der Waals surface area (Å²) in [6.07, 6.45) is 2.46. The molecule has 1 atom stereocenters. The molecule has 1 aromatic heterocycles. The molecule has 6 heteroatoms. The van der Waals surface area contributed by atoms with E-state index in [1.807, 2.05) is 18.7 Å². The summed E-state index contributed by atoms with van der Waals surface area (Å²) >= 11 is 1.87. The summed E-state index contributed by atoms with van der Waals surface area (Å²) in [6.45, 7) is 4.13. The zero-order valence-electron chi connectivity index (χ0n) is 10.6. The van der Waals surface area contributed by atoms with Crippen LogP contribution in [0, 0.1) is 0 Å². The average molecular weight is 256 g/mol. The Hall–Kier alpha value is -1.17. The van der Waals surface area contributed by atoms with Crippen molar-refractivity contribution in [3.8, 4) is 0 Å². The van der Waals surface area contributed by atoms with Crippen LogP contribution in [0.5, 0.6) is 0 Å². The minimum absolute atomic E-state index is 0.149. The molecule has 1 aromatic rings. The fourth-order valence-corrected chi connectivity index (χ4v) is 2.21. The van der Waals surface area contributed by atoms with E-state index < -0.39 is 0 Å². The molecule has 0 bridgehead atoms. The topological polar surface area (TPSA) is 72.9 Å². The third kappa shape index (κ3) is 3.96. The number of nitrogens with one attached hydrogen (secondary N) is 1. The number of hydrogen-bond donors (Lipinski definition) is 2. The largest absolute Gasteiger partial charge is 0.383 e.